The van der Waals surface area contributed by atoms with Gasteiger partial charge in [-0.25, -0.2) is 14.6 Å². The Balaban J connectivity index is 1.43. The number of aromatic amines is 1. The lowest BCUT2D eigenvalue weighted by Crippen LogP contribution is -2.46. The van der Waals surface area contributed by atoms with Crippen molar-refractivity contribution in [3.8, 4) is 0 Å². The third-order valence-electron chi connectivity index (χ3n) is 5.18. The van der Waals surface area contributed by atoms with E-state index in [4.69, 9.17) is 16.3 Å². The molecule has 0 bridgehead atoms. The van der Waals surface area contributed by atoms with Crippen molar-refractivity contribution in [1.82, 2.24) is 25.0 Å². The first kappa shape index (κ1) is 21.8. The molecule has 4 N–H and O–H groups in total. The second-order valence-corrected chi connectivity index (χ2v) is 9.21. The van der Waals surface area contributed by atoms with Gasteiger partial charge in [0.25, 0.3) is 15.8 Å². The topological polar surface area (TPSA) is 146 Å². The van der Waals surface area contributed by atoms with Crippen molar-refractivity contribution >= 4 is 33.6 Å². The highest BCUT2D eigenvalue weighted by molar-refractivity contribution is 7.87. The molecule has 1 aromatic rings. The van der Waals surface area contributed by atoms with Crippen molar-refractivity contribution in [2.75, 3.05) is 25.0 Å². The van der Waals surface area contributed by atoms with Crippen LogP contribution in [0.25, 0.3) is 0 Å². The number of rotatable bonds is 6. The van der Waals surface area contributed by atoms with Gasteiger partial charge in [-0.05, 0) is 25.7 Å². The molecule has 13 heteroatoms. The minimum Gasteiger partial charge on any atom is -0.444 e. The molecule has 1 atom stereocenters. The average Bonchev–Trinajstić information content (AvgIpc) is 3.13. The Morgan fingerprint density at radius 3 is 2.66 bits per heavy atom. The first-order valence-corrected chi connectivity index (χ1v) is 11.3. The average molecular weight is 449 g/mol. The van der Waals surface area contributed by atoms with Crippen molar-refractivity contribution in [3.05, 3.63) is 21.6 Å². The number of hydrogen-bond donors (Lipinski definition) is 4. The van der Waals surface area contributed by atoms with Crippen molar-refractivity contribution < 1.29 is 17.9 Å². The molecule has 29 heavy (non-hydrogen) atoms. The number of ether oxygens (including phenoxy) is 1. The number of H-pyrrole nitrogens is 1. The zero-order chi connectivity index (χ0) is 21.0. The number of nitrogens with zero attached hydrogens (tertiary/aromatic N) is 2. The number of carbonyl (C=O) groups is 1. The Bertz CT molecular complexity index is 886. The van der Waals surface area contributed by atoms with Crippen molar-refractivity contribution in [2.24, 2.45) is 0 Å². The maximum atomic E-state index is 12.2. The molecule has 1 aliphatic heterocycles. The zero-order valence-corrected chi connectivity index (χ0v) is 17.6. The molecule has 0 aromatic carbocycles. The Morgan fingerprint density at radius 1 is 1.28 bits per heavy atom. The van der Waals surface area contributed by atoms with E-state index in [0.29, 0.717) is 50.9 Å². The van der Waals surface area contributed by atoms with Crippen LogP contribution in [0.3, 0.4) is 0 Å². The Morgan fingerprint density at radius 2 is 1.97 bits per heavy atom. The van der Waals surface area contributed by atoms with Crippen LogP contribution in [-0.4, -0.2) is 63.0 Å². The van der Waals surface area contributed by atoms with E-state index in [2.05, 4.69) is 25.0 Å². The van der Waals surface area contributed by atoms with Gasteiger partial charge in [0, 0.05) is 32.1 Å². The van der Waals surface area contributed by atoms with Crippen molar-refractivity contribution in [2.45, 2.75) is 50.3 Å². The zero-order valence-electron chi connectivity index (χ0n) is 16.0. The fourth-order valence-corrected chi connectivity index (χ4v) is 4.63. The first-order chi connectivity index (χ1) is 13.8. The highest BCUT2D eigenvalue weighted by atomic mass is 35.5. The van der Waals surface area contributed by atoms with Crippen LogP contribution in [0.2, 0.25) is 5.02 Å². The van der Waals surface area contributed by atoms with E-state index in [9.17, 15) is 18.0 Å². The van der Waals surface area contributed by atoms with E-state index in [-0.39, 0.29) is 23.2 Å². The van der Waals surface area contributed by atoms with Crippen molar-refractivity contribution in [1.29, 1.82) is 0 Å². The fraction of sp³-hybridized carbons (Fsp3) is 0.688. The summed E-state index contributed by atoms with van der Waals surface area (Å²) in [7, 11) is -2.10. The Kier molecular flexibility index (Phi) is 6.98. The van der Waals surface area contributed by atoms with E-state index >= 15 is 0 Å². The maximum Gasteiger partial charge on any atom is 0.407 e. The van der Waals surface area contributed by atoms with Crippen LogP contribution >= 0.6 is 11.6 Å². The van der Waals surface area contributed by atoms with Crippen LogP contribution in [0.15, 0.2) is 11.0 Å². The Labute approximate surface area is 173 Å². The molecule has 0 spiro atoms. The van der Waals surface area contributed by atoms with Gasteiger partial charge in [-0.3, -0.25) is 4.79 Å². The molecule has 2 heterocycles. The van der Waals surface area contributed by atoms with E-state index in [1.165, 1.54) is 13.2 Å². The van der Waals surface area contributed by atoms with Gasteiger partial charge in [0.2, 0.25) is 0 Å². The molecule has 162 valence electrons. The summed E-state index contributed by atoms with van der Waals surface area (Å²) in [6.07, 6.45) is 3.89. The highest BCUT2D eigenvalue weighted by Gasteiger charge is 2.30. The minimum atomic E-state index is -3.46. The molecule has 1 aromatic heterocycles. The van der Waals surface area contributed by atoms with Crippen LogP contribution in [0, 0.1) is 0 Å². The molecule has 3 rings (SSSR count). The van der Waals surface area contributed by atoms with Gasteiger partial charge in [-0.15, -0.1) is 0 Å². The summed E-state index contributed by atoms with van der Waals surface area (Å²) in [5.74, 6) is 0. The van der Waals surface area contributed by atoms with Crippen LogP contribution in [0.1, 0.15) is 32.1 Å². The van der Waals surface area contributed by atoms with E-state index in [1.807, 2.05) is 4.90 Å². The molecule has 1 aliphatic carbocycles. The molecule has 1 saturated heterocycles. The summed E-state index contributed by atoms with van der Waals surface area (Å²) in [6.45, 7) is 1.02. The molecule has 0 unspecified atom stereocenters. The van der Waals surface area contributed by atoms with Gasteiger partial charge < -0.3 is 15.0 Å². The summed E-state index contributed by atoms with van der Waals surface area (Å²) < 4.78 is 33.4. The monoisotopic (exact) mass is 448 g/mol. The van der Waals surface area contributed by atoms with Crippen LogP contribution in [-0.2, 0) is 14.9 Å². The van der Waals surface area contributed by atoms with Gasteiger partial charge in [0.15, 0.2) is 0 Å². The van der Waals surface area contributed by atoms with Crippen LogP contribution in [0.4, 0.5) is 10.5 Å². The minimum absolute atomic E-state index is 0.0540. The van der Waals surface area contributed by atoms with E-state index in [0.717, 1.165) is 0 Å². The second-order valence-electron chi connectivity index (χ2n) is 7.18. The molecule has 11 nitrogen and oxygen atoms in total. The summed E-state index contributed by atoms with van der Waals surface area (Å²) in [4.78, 5) is 25.7. The number of nitrogens with one attached hydrogen (secondary N) is 4. The normalized spacial score (nSPS) is 25.0. The van der Waals surface area contributed by atoms with Crippen LogP contribution in [0.5, 0.6) is 0 Å². The molecular weight excluding hydrogens is 424 g/mol. The number of halogens is 1. The number of carbonyl (C=O) groups excluding carboxylic acids is 1. The third-order valence-corrected chi connectivity index (χ3v) is 6.72. The van der Waals surface area contributed by atoms with E-state index < -0.39 is 21.9 Å². The lowest BCUT2D eigenvalue weighted by Gasteiger charge is -2.29. The third kappa shape index (κ3) is 5.81. The van der Waals surface area contributed by atoms with Crippen molar-refractivity contribution in [3.63, 3.8) is 0 Å². The highest BCUT2D eigenvalue weighted by Crippen LogP contribution is 2.26. The lowest BCUT2D eigenvalue weighted by atomic mass is 9.92. The standard InChI is InChI=1S/C16H25ClN6O5S/c1-18-29(26,27)22-11-4-2-10(3-5-11)20-16(25)28-12-6-7-23(9-12)13-8-19-21-15(24)14(13)17/h8,10-12,18,22H,2-7,9H2,1H3,(H,20,25)(H,21,24)/t10?,11?,12-/m1/s1. The summed E-state index contributed by atoms with van der Waals surface area (Å²) in [6, 6.07) is -0.195. The molecule has 1 saturated carbocycles. The first-order valence-electron chi connectivity index (χ1n) is 9.43. The number of amides is 1. The second kappa shape index (κ2) is 9.28. The van der Waals surface area contributed by atoms with Gasteiger partial charge in [-0.1, -0.05) is 11.6 Å². The number of anilines is 1. The van der Waals surface area contributed by atoms with Gasteiger partial charge >= 0.3 is 6.09 Å². The molecule has 0 radical (unpaired) electrons. The molecular formula is C16H25ClN6O5S. The van der Waals surface area contributed by atoms with Crippen LogP contribution < -0.4 is 25.2 Å². The van der Waals surface area contributed by atoms with E-state index in [1.54, 1.807) is 0 Å². The SMILES string of the molecule is CNS(=O)(=O)NC1CCC(NC(=O)O[C@@H]2CCN(c3cn[nH]c(=O)c3Cl)C2)CC1. The predicted molar refractivity (Wildman–Crippen MR) is 107 cm³/mol. The number of hydrogen-bond acceptors (Lipinski definition) is 7. The number of aromatic nitrogens is 2. The molecule has 1 amide bonds. The molecule has 2 fully saturated rings. The van der Waals surface area contributed by atoms with Gasteiger partial charge in [0.1, 0.15) is 11.1 Å². The predicted octanol–water partition coefficient (Wildman–Crippen LogP) is 0.0932. The summed E-state index contributed by atoms with van der Waals surface area (Å²) in [5.41, 5.74) is 0.0585. The number of alkyl carbamates (subject to hydrolysis) is 1. The smallest absolute Gasteiger partial charge is 0.407 e. The molecule has 2 aliphatic rings. The lowest BCUT2D eigenvalue weighted by molar-refractivity contribution is 0.102. The summed E-state index contributed by atoms with van der Waals surface area (Å²) >= 11 is 6.02. The quantitative estimate of drug-likeness (QED) is 0.482. The summed E-state index contributed by atoms with van der Waals surface area (Å²) in [5, 5.41) is 8.94. The van der Waals surface area contributed by atoms with Gasteiger partial charge in [0.05, 0.1) is 18.4 Å². The largest absolute Gasteiger partial charge is 0.444 e. The van der Waals surface area contributed by atoms with Gasteiger partial charge in [-0.2, -0.15) is 18.2 Å². The fourth-order valence-electron chi connectivity index (χ4n) is 3.62. The maximum absolute atomic E-state index is 12.2. The Hall–Kier alpha value is -1.89.